The summed E-state index contributed by atoms with van der Waals surface area (Å²) in [7, 11) is 0. The van der Waals surface area contributed by atoms with Gasteiger partial charge in [-0.25, -0.2) is 4.79 Å². The number of carboxylic acid groups (broad SMARTS) is 1. The summed E-state index contributed by atoms with van der Waals surface area (Å²) >= 11 is 0. The molecule has 0 aliphatic heterocycles. The summed E-state index contributed by atoms with van der Waals surface area (Å²) in [5.74, 6) is -0.888. The van der Waals surface area contributed by atoms with E-state index in [2.05, 4.69) is 31.2 Å². The van der Waals surface area contributed by atoms with Crippen LogP contribution in [0.15, 0.2) is 48.5 Å². The SMILES string of the molecule is CCCCc1ccc(-c2cccc(C(=O)O)c2)cc1. The van der Waals surface area contributed by atoms with Crippen molar-refractivity contribution in [3.8, 4) is 11.1 Å². The van der Waals surface area contributed by atoms with Gasteiger partial charge in [0.15, 0.2) is 0 Å². The number of rotatable bonds is 5. The number of hydrogen-bond donors (Lipinski definition) is 1. The summed E-state index contributed by atoms with van der Waals surface area (Å²) < 4.78 is 0. The normalized spacial score (nSPS) is 10.4. The smallest absolute Gasteiger partial charge is 0.335 e. The summed E-state index contributed by atoms with van der Waals surface area (Å²) in [6.07, 6.45) is 3.50. The first-order valence-electron chi connectivity index (χ1n) is 6.63. The van der Waals surface area contributed by atoms with Crippen LogP contribution in [0.2, 0.25) is 0 Å². The fourth-order valence-corrected chi connectivity index (χ4v) is 2.08. The van der Waals surface area contributed by atoms with Gasteiger partial charge in [-0.2, -0.15) is 0 Å². The first kappa shape index (κ1) is 13.3. The highest BCUT2D eigenvalue weighted by Gasteiger charge is 2.04. The van der Waals surface area contributed by atoms with Gasteiger partial charge in [0.05, 0.1) is 5.56 Å². The van der Waals surface area contributed by atoms with Crippen LogP contribution in [0.5, 0.6) is 0 Å². The third-order valence-corrected chi connectivity index (χ3v) is 3.22. The van der Waals surface area contributed by atoms with Crippen LogP contribution in [-0.2, 0) is 6.42 Å². The zero-order chi connectivity index (χ0) is 13.7. The van der Waals surface area contributed by atoms with Gasteiger partial charge in [-0.05, 0) is 41.7 Å². The minimum absolute atomic E-state index is 0.326. The number of aromatic carboxylic acids is 1. The Labute approximate surface area is 113 Å². The van der Waals surface area contributed by atoms with Crippen LogP contribution in [0.3, 0.4) is 0 Å². The second-order valence-electron chi connectivity index (χ2n) is 4.69. The van der Waals surface area contributed by atoms with Gasteiger partial charge in [0.1, 0.15) is 0 Å². The van der Waals surface area contributed by atoms with Gasteiger partial charge in [-0.3, -0.25) is 0 Å². The largest absolute Gasteiger partial charge is 0.478 e. The van der Waals surface area contributed by atoms with E-state index in [1.807, 2.05) is 6.07 Å². The van der Waals surface area contributed by atoms with Gasteiger partial charge in [0, 0.05) is 0 Å². The van der Waals surface area contributed by atoms with Crippen molar-refractivity contribution in [3.05, 3.63) is 59.7 Å². The minimum Gasteiger partial charge on any atom is -0.478 e. The summed E-state index contributed by atoms with van der Waals surface area (Å²) in [5.41, 5.74) is 3.66. The van der Waals surface area contributed by atoms with Gasteiger partial charge in [0.25, 0.3) is 0 Å². The molecule has 0 fully saturated rings. The molecule has 0 unspecified atom stereocenters. The molecule has 1 N–H and O–H groups in total. The van der Waals surface area contributed by atoms with Crippen molar-refractivity contribution in [3.63, 3.8) is 0 Å². The van der Waals surface area contributed by atoms with E-state index < -0.39 is 5.97 Å². The van der Waals surface area contributed by atoms with Crippen LogP contribution in [0.1, 0.15) is 35.7 Å². The second kappa shape index (κ2) is 6.19. The molecule has 2 rings (SSSR count). The monoisotopic (exact) mass is 254 g/mol. The molecule has 0 aromatic heterocycles. The topological polar surface area (TPSA) is 37.3 Å². The lowest BCUT2D eigenvalue weighted by molar-refractivity contribution is 0.0697. The Bertz CT molecular complexity index is 556. The molecular weight excluding hydrogens is 236 g/mol. The number of hydrogen-bond acceptors (Lipinski definition) is 1. The average Bonchev–Trinajstić information content (AvgIpc) is 2.46. The zero-order valence-electron chi connectivity index (χ0n) is 11.1. The van der Waals surface area contributed by atoms with Gasteiger partial charge < -0.3 is 5.11 Å². The highest BCUT2D eigenvalue weighted by molar-refractivity contribution is 5.89. The molecule has 0 aliphatic rings. The molecule has 0 aliphatic carbocycles. The number of unbranched alkanes of at least 4 members (excludes halogenated alkanes) is 1. The van der Waals surface area contributed by atoms with Crippen LogP contribution in [0, 0.1) is 0 Å². The van der Waals surface area contributed by atoms with E-state index >= 15 is 0 Å². The van der Waals surface area contributed by atoms with Crippen molar-refractivity contribution in [2.75, 3.05) is 0 Å². The molecule has 0 radical (unpaired) electrons. The predicted octanol–water partition coefficient (Wildman–Crippen LogP) is 4.39. The highest BCUT2D eigenvalue weighted by atomic mass is 16.4. The molecule has 0 bridgehead atoms. The second-order valence-corrected chi connectivity index (χ2v) is 4.69. The molecule has 0 heterocycles. The molecule has 2 heteroatoms. The fourth-order valence-electron chi connectivity index (χ4n) is 2.08. The van der Waals surface area contributed by atoms with Crippen molar-refractivity contribution < 1.29 is 9.90 Å². The summed E-state index contributed by atoms with van der Waals surface area (Å²) in [6, 6.07) is 15.4. The van der Waals surface area contributed by atoms with Crippen LogP contribution >= 0.6 is 0 Å². The lowest BCUT2D eigenvalue weighted by Gasteiger charge is -2.05. The zero-order valence-corrected chi connectivity index (χ0v) is 11.1. The van der Waals surface area contributed by atoms with E-state index in [1.54, 1.807) is 18.2 Å². The van der Waals surface area contributed by atoms with E-state index in [1.165, 1.54) is 18.4 Å². The van der Waals surface area contributed by atoms with Crippen molar-refractivity contribution >= 4 is 5.97 Å². The Hall–Kier alpha value is -2.09. The third-order valence-electron chi connectivity index (χ3n) is 3.22. The maximum absolute atomic E-state index is 11.0. The minimum atomic E-state index is -0.888. The van der Waals surface area contributed by atoms with E-state index in [-0.39, 0.29) is 0 Å². The van der Waals surface area contributed by atoms with E-state index in [0.29, 0.717) is 5.56 Å². The summed E-state index contributed by atoms with van der Waals surface area (Å²) in [4.78, 5) is 11.0. The van der Waals surface area contributed by atoms with Crippen molar-refractivity contribution in [1.82, 2.24) is 0 Å². The molecule has 2 nitrogen and oxygen atoms in total. The van der Waals surface area contributed by atoms with Gasteiger partial charge in [-0.1, -0.05) is 49.7 Å². The standard InChI is InChI=1S/C17H18O2/c1-2-3-5-13-8-10-14(11-9-13)15-6-4-7-16(12-15)17(18)19/h4,6-12H,2-3,5H2,1H3,(H,18,19). The van der Waals surface area contributed by atoms with E-state index in [0.717, 1.165) is 17.5 Å². The van der Waals surface area contributed by atoms with E-state index in [9.17, 15) is 4.79 Å². The Morgan fingerprint density at radius 2 is 1.79 bits per heavy atom. The molecule has 0 saturated heterocycles. The van der Waals surface area contributed by atoms with Gasteiger partial charge >= 0.3 is 5.97 Å². The van der Waals surface area contributed by atoms with Crippen LogP contribution in [0.25, 0.3) is 11.1 Å². The Balaban J connectivity index is 2.22. The first-order chi connectivity index (χ1) is 9.20. The Morgan fingerprint density at radius 1 is 1.05 bits per heavy atom. The van der Waals surface area contributed by atoms with Crippen LogP contribution in [-0.4, -0.2) is 11.1 Å². The highest BCUT2D eigenvalue weighted by Crippen LogP contribution is 2.21. The molecule has 0 atom stereocenters. The molecule has 98 valence electrons. The number of benzene rings is 2. The predicted molar refractivity (Wildman–Crippen MR) is 77.4 cm³/mol. The number of aryl methyl sites for hydroxylation is 1. The van der Waals surface area contributed by atoms with Crippen molar-refractivity contribution in [2.45, 2.75) is 26.2 Å². The molecule has 2 aromatic rings. The lowest BCUT2D eigenvalue weighted by Crippen LogP contribution is -1.95. The van der Waals surface area contributed by atoms with Crippen LogP contribution < -0.4 is 0 Å². The molecule has 19 heavy (non-hydrogen) atoms. The Kier molecular flexibility index (Phi) is 4.35. The fraction of sp³-hybridized carbons (Fsp3) is 0.235. The lowest BCUT2D eigenvalue weighted by atomic mass is 10.0. The average molecular weight is 254 g/mol. The van der Waals surface area contributed by atoms with Gasteiger partial charge in [-0.15, -0.1) is 0 Å². The number of carbonyl (C=O) groups is 1. The van der Waals surface area contributed by atoms with Gasteiger partial charge in [0.2, 0.25) is 0 Å². The summed E-state index contributed by atoms with van der Waals surface area (Å²) in [5, 5.41) is 9.00. The van der Waals surface area contributed by atoms with Crippen LogP contribution in [0.4, 0.5) is 0 Å². The van der Waals surface area contributed by atoms with E-state index in [4.69, 9.17) is 5.11 Å². The molecule has 0 amide bonds. The molecule has 0 saturated carbocycles. The third kappa shape index (κ3) is 3.44. The van der Waals surface area contributed by atoms with Crippen molar-refractivity contribution in [2.24, 2.45) is 0 Å². The quantitative estimate of drug-likeness (QED) is 0.859. The molecular formula is C17H18O2. The maximum atomic E-state index is 11.0. The Morgan fingerprint density at radius 3 is 2.42 bits per heavy atom. The summed E-state index contributed by atoms with van der Waals surface area (Å²) in [6.45, 7) is 2.19. The number of carboxylic acids is 1. The van der Waals surface area contributed by atoms with Crippen molar-refractivity contribution in [1.29, 1.82) is 0 Å². The maximum Gasteiger partial charge on any atom is 0.335 e. The first-order valence-corrected chi connectivity index (χ1v) is 6.63. The molecule has 0 spiro atoms. The molecule has 2 aromatic carbocycles.